The van der Waals surface area contributed by atoms with Crippen LogP contribution in [0, 0.1) is 0 Å². The van der Waals surface area contributed by atoms with E-state index in [1.54, 1.807) is 0 Å². The van der Waals surface area contributed by atoms with Crippen LogP contribution in [0.1, 0.15) is 24.1 Å². The smallest absolute Gasteiger partial charge is 0.227 e. The van der Waals surface area contributed by atoms with Crippen molar-refractivity contribution in [3.63, 3.8) is 0 Å². The summed E-state index contributed by atoms with van der Waals surface area (Å²) >= 11 is 0. The highest BCUT2D eigenvalue weighted by molar-refractivity contribution is 5.51. The summed E-state index contributed by atoms with van der Waals surface area (Å²) in [6.07, 6.45) is 4.49. The minimum absolute atomic E-state index is 0.690. The zero-order valence-corrected chi connectivity index (χ0v) is 13.4. The second-order valence-electron chi connectivity index (χ2n) is 6.35. The van der Waals surface area contributed by atoms with E-state index in [4.69, 9.17) is 10.7 Å². The topological polar surface area (TPSA) is 58.3 Å². The molecular weight excluding hydrogens is 286 g/mol. The molecule has 0 amide bonds. The Morgan fingerprint density at radius 2 is 1.52 bits per heavy atom. The van der Waals surface area contributed by atoms with Gasteiger partial charge >= 0.3 is 0 Å². The number of para-hydroxylation sites is 1. The number of nitrogen functional groups attached to an aromatic ring is 1. The number of fused-ring (bicyclic) bond motifs is 1. The van der Waals surface area contributed by atoms with Crippen LogP contribution in [0.3, 0.4) is 0 Å². The van der Waals surface area contributed by atoms with Crippen LogP contribution >= 0.6 is 0 Å². The fourth-order valence-electron chi connectivity index (χ4n) is 3.55. The molecule has 5 nitrogen and oxygen atoms in total. The number of aryl methyl sites for hydroxylation is 1. The first-order valence-electron chi connectivity index (χ1n) is 8.51. The number of piperazine rings is 1. The molecule has 23 heavy (non-hydrogen) atoms. The standard InChI is InChI=1S/C18H23N5/c19-17-15-8-4-5-9-16(15)20-18(21-17)23-12-10-22(11-13-23)14-6-2-1-3-7-14/h1-3,6-7H,4-5,8-13H2,(H2,19,20,21). The average molecular weight is 309 g/mol. The Bertz CT molecular complexity index is 677. The maximum Gasteiger partial charge on any atom is 0.227 e. The number of nitrogens with two attached hydrogens (primary N) is 1. The second kappa shape index (κ2) is 6.07. The average Bonchev–Trinajstić information content (AvgIpc) is 2.63. The number of aromatic nitrogens is 2. The van der Waals surface area contributed by atoms with E-state index in [0.717, 1.165) is 45.0 Å². The van der Waals surface area contributed by atoms with Gasteiger partial charge in [-0.05, 0) is 37.8 Å². The Balaban J connectivity index is 1.49. The number of nitrogens with zero attached hydrogens (tertiary/aromatic N) is 4. The van der Waals surface area contributed by atoms with Gasteiger partial charge in [0.15, 0.2) is 0 Å². The lowest BCUT2D eigenvalue weighted by Gasteiger charge is -2.36. The summed E-state index contributed by atoms with van der Waals surface area (Å²) in [5, 5.41) is 0. The van der Waals surface area contributed by atoms with Gasteiger partial charge in [-0.3, -0.25) is 0 Å². The van der Waals surface area contributed by atoms with Gasteiger partial charge in [0, 0.05) is 37.4 Å². The van der Waals surface area contributed by atoms with Crippen LogP contribution in [0.25, 0.3) is 0 Å². The van der Waals surface area contributed by atoms with Gasteiger partial charge in [0.25, 0.3) is 0 Å². The summed E-state index contributed by atoms with van der Waals surface area (Å²) < 4.78 is 0. The summed E-state index contributed by atoms with van der Waals surface area (Å²) in [5.41, 5.74) is 9.82. The largest absolute Gasteiger partial charge is 0.383 e. The summed E-state index contributed by atoms with van der Waals surface area (Å²) in [6.45, 7) is 3.86. The summed E-state index contributed by atoms with van der Waals surface area (Å²) in [5.74, 6) is 1.51. The number of hydrogen-bond donors (Lipinski definition) is 1. The molecule has 1 fully saturated rings. The lowest BCUT2D eigenvalue weighted by Crippen LogP contribution is -2.47. The maximum absolute atomic E-state index is 6.18. The van der Waals surface area contributed by atoms with Crippen LogP contribution < -0.4 is 15.5 Å². The van der Waals surface area contributed by atoms with E-state index >= 15 is 0 Å². The van der Waals surface area contributed by atoms with E-state index < -0.39 is 0 Å². The molecule has 2 aliphatic rings. The molecule has 0 spiro atoms. The van der Waals surface area contributed by atoms with Gasteiger partial charge in [-0.25, -0.2) is 4.98 Å². The fraction of sp³-hybridized carbons (Fsp3) is 0.444. The fourth-order valence-corrected chi connectivity index (χ4v) is 3.55. The van der Waals surface area contributed by atoms with Crippen molar-refractivity contribution in [1.82, 2.24) is 9.97 Å². The Kier molecular flexibility index (Phi) is 3.77. The number of anilines is 3. The SMILES string of the molecule is Nc1nc(N2CCN(c3ccccc3)CC2)nc2c1CCCC2. The van der Waals surface area contributed by atoms with Gasteiger partial charge in [-0.15, -0.1) is 0 Å². The minimum Gasteiger partial charge on any atom is -0.383 e. The van der Waals surface area contributed by atoms with Crippen LogP contribution in [0.2, 0.25) is 0 Å². The molecule has 1 aliphatic carbocycles. The van der Waals surface area contributed by atoms with Gasteiger partial charge in [0.05, 0.1) is 5.69 Å². The lowest BCUT2D eigenvalue weighted by molar-refractivity contribution is 0.626. The first-order chi connectivity index (χ1) is 11.3. The summed E-state index contributed by atoms with van der Waals surface area (Å²) in [6, 6.07) is 10.6. The molecule has 2 heterocycles. The molecule has 1 saturated heterocycles. The number of rotatable bonds is 2. The Labute approximate surface area is 137 Å². The summed E-state index contributed by atoms with van der Waals surface area (Å²) in [4.78, 5) is 14.1. The van der Waals surface area contributed by atoms with Crippen LogP contribution in [0.4, 0.5) is 17.5 Å². The molecule has 5 heteroatoms. The number of hydrogen-bond acceptors (Lipinski definition) is 5. The van der Waals surface area contributed by atoms with Crippen molar-refractivity contribution in [1.29, 1.82) is 0 Å². The molecule has 0 saturated carbocycles. The molecule has 0 unspecified atom stereocenters. The molecule has 2 N–H and O–H groups in total. The normalized spacial score (nSPS) is 17.9. The van der Waals surface area contributed by atoms with E-state index in [9.17, 15) is 0 Å². The monoisotopic (exact) mass is 309 g/mol. The van der Waals surface area contributed by atoms with Gasteiger partial charge in [0.2, 0.25) is 5.95 Å². The summed E-state index contributed by atoms with van der Waals surface area (Å²) in [7, 11) is 0. The van der Waals surface area contributed by atoms with Gasteiger partial charge in [-0.2, -0.15) is 4.98 Å². The highest BCUT2D eigenvalue weighted by Gasteiger charge is 2.22. The van der Waals surface area contributed by atoms with Crippen molar-refractivity contribution in [3.05, 3.63) is 41.6 Å². The quantitative estimate of drug-likeness (QED) is 0.922. The van der Waals surface area contributed by atoms with Crippen molar-refractivity contribution in [2.24, 2.45) is 0 Å². The van der Waals surface area contributed by atoms with Crippen molar-refractivity contribution in [2.45, 2.75) is 25.7 Å². The van der Waals surface area contributed by atoms with E-state index in [1.807, 2.05) is 0 Å². The van der Waals surface area contributed by atoms with Gasteiger partial charge in [0.1, 0.15) is 5.82 Å². The molecular formula is C18H23N5. The molecule has 1 aromatic carbocycles. The molecule has 2 aromatic rings. The van der Waals surface area contributed by atoms with Crippen LogP contribution in [0.5, 0.6) is 0 Å². The zero-order chi connectivity index (χ0) is 15.6. The third-order valence-corrected chi connectivity index (χ3v) is 4.89. The molecule has 4 rings (SSSR count). The Morgan fingerprint density at radius 1 is 0.826 bits per heavy atom. The molecule has 0 radical (unpaired) electrons. The Morgan fingerprint density at radius 3 is 2.30 bits per heavy atom. The van der Waals surface area contributed by atoms with Crippen LogP contribution in [-0.4, -0.2) is 36.1 Å². The highest BCUT2D eigenvalue weighted by Crippen LogP contribution is 2.26. The second-order valence-corrected chi connectivity index (χ2v) is 6.35. The van der Waals surface area contributed by atoms with E-state index in [-0.39, 0.29) is 0 Å². The first kappa shape index (κ1) is 14.3. The predicted octanol–water partition coefficient (Wildman–Crippen LogP) is 2.26. The molecule has 120 valence electrons. The lowest BCUT2D eigenvalue weighted by atomic mass is 9.96. The van der Waals surface area contributed by atoms with E-state index in [1.165, 1.54) is 29.8 Å². The third kappa shape index (κ3) is 2.83. The van der Waals surface area contributed by atoms with Crippen LogP contribution in [0.15, 0.2) is 30.3 Å². The zero-order valence-electron chi connectivity index (χ0n) is 13.4. The van der Waals surface area contributed by atoms with Crippen molar-refractivity contribution >= 4 is 17.5 Å². The predicted molar refractivity (Wildman–Crippen MR) is 94.0 cm³/mol. The maximum atomic E-state index is 6.18. The molecule has 0 bridgehead atoms. The third-order valence-electron chi connectivity index (χ3n) is 4.89. The highest BCUT2D eigenvalue weighted by atomic mass is 15.3. The molecule has 1 aromatic heterocycles. The minimum atomic E-state index is 0.690. The number of benzene rings is 1. The molecule has 1 aliphatic heterocycles. The van der Waals surface area contributed by atoms with E-state index in [0.29, 0.717) is 5.82 Å². The van der Waals surface area contributed by atoms with E-state index in [2.05, 4.69) is 45.1 Å². The molecule has 0 atom stereocenters. The van der Waals surface area contributed by atoms with Gasteiger partial charge < -0.3 is 15.5 Å². The van der Waals surface area contributed by atoms with Crippen molar-refractivity contribution < 1.29 is 0 Å². The van der Waals surface area contributed by atoms with Crippen molar-refractivity contribution in [2.75, 3.05) is 41.7 Å². The van der Waals surface area contributed by atoms with Crippen LogP contribution in [-0.2, 0) is 12.8 Å². The van der Waals surface area contributed by atoms with Gasteiger partial charge in [-0.1, -0.05) is 18.2 Å². The first-order valence-corrected chi connectivity index (χ1v) is 8.51. The van der Waals surface area contributed by atoms with Crippen molar-refractivity contribution in [3.8, 4) is 0 Å². The Hall–Kier alpha value is -2.30.